The molecule has 1 amide bonds. The van der Waals surface area contributed by atoms with E-state index in [-0.39, 0.29) is 42.1 Å². The first-order valence-corrected chi connectivity index (χ1v) is 12.9. The molecule has 2 aliphatic rings. The van der Waals surface area contributed by atoms with Crippen molar-refractivity contribution in [2.75, 3.05) is 18.0 Å². The molecule has 0 spiro atoms. The fourth-order valence-corrected chi connectivity index (χ4v) is 5.24. The summed E-state index contributed by atoms with van der Waals surface area (Å²) in [7, 11) is 1.58. The van der Waals surface area contributed by atoms with Crippen molar-refractivity contribution in [3.05, 3.63) is 61.8 Å². The molecular weight excluding hydrogens is 482 g/mol. The summed E-state index contributed by atoms with van der Waals surface area (Å²) in [6.45, 7) is 3.02. The molecular formula is C28H31N7O3. The van der Waals surface area contributed by atoms with E-state index in [0.717, 1.165) is 30.3 Å². The van der Waals surface area contributed by atoms with Crippen LogP contribution in [-0.4, -0.2) is 44.8 Å². The number of fused-ring (bicyclic) bond motifs is 1. The molecule has 10 heteroatoms. The van der Waals surface area contributed by atoms with Gasteiger partial charge in [-0.1, -0.05) is 24.1 Å². The molecule has 10 nitrogen and oxygen atoms in total. The zero-order valence-corrected chi connectivity index (χ0v) is 21.7. The second kappa shape index (κ2) is 10.2. The van der Waals surface area contributed by atoms with Crippen LogP contribution in [0.2, 0.25) is 0 Å². The minimum Gasteiger partial charge on any atom is -0.356 e. The molecule has 3 N–H and O–H groups in total. The number of rotatable bonds is 6. The molecule has 196 valence electrons. The van der Waals surface area contributed by atoms with E-state index in [1.54, 1.807) is 42.8 Å². The van der Waals surface area contributed by atoms with Gasteiger partial charge in [-0.15, -0.1) is 5.92 Å². The molecule has 1 aliphatic carbocycles. The third-order valence-corrected chi connectivity index (χ3v) is 7.29. The molecule has 2 fully saturated rings. The summed E-state index contributed by atoms with van der Waals surface area (Å²) in [5.74, 6) is 6.19. The molecule has 38 heavy (non-hydrogen) atoms. The average molecular weight is 514 g/mol. The van der Waals surface area contributed by atoms with Crippen LogP contribution in [0.25, 0.3) is 11.0 Å². The molecule has 0 bridgehead atoms. The molecule has 1 saturated heterocycles. The molecule has 1 saturated carbocycles. The Labute approximate surface area is 220 Å². The van der Waals surface area contributed by atoms with E-state index in [4.69, 9.17) is 5.73 Å². The fraction of sp³-hybridized carbons (Fsp3) is 0.429. The van der Waals surface area contributed by atoms with E-state index in [2.05, 4.69) is 23.2 Å². The Morgan fingerprint density at radius 2 is 1.92 bits per heavy atom. The maximum Gasteiger partial charge on any atom is 0.331 e. The van der Waals surface area contributed by atoms with Crippen LogP contribution in [0.5, 0.6) is 0 Å². The molecule has 0 radical (unpaired) electrons. The van der Waals surface area contributed by atoms with Gasteiger partial charge in [0.1, 0.15) is 16.9 Å². The summed E-state index contributed by atoms with van der Waals surface area (Å²) >= 11 is 0. The number of carbonyl (C=O) groups is 1. The van der Waals surface area contributed by atoms with Gasteiger partial charge in [-0.25, -0.2) is 4.79 Å². The highest BCUT2D eigenvalue weighted by Crippen LogP contribution is 2.33. The van der Waals surface area contributed by atoms with E-state index >= 15 is 0 Å². The zero-order chi connectivity index (χ0) is 27.0. The Hall–Kier alpha value is -4.28. The van der Waals surface area contributed by atoms with Gasteiger partial charge in [0.2, 0.25) is 0 Å². The maximum atomic E-state index is 14.1. The van der Waals surface area contributed by atoms with Gasteiger partial charge in [-0.3, -0.25) is 18.7 Å². The molecule has 1 atom stereocenters. The monoisotopic (exact) mass is 513 g/mol. The van der Waals surface area contributed by atoms with Crippen LogP contribution in [0, 0.1) is 23.2 Å². The molecule has 3 aromatic rings. The van der Waals surface area contributed by atoms with Crippen LogP contribution in [-0.2, 0) is 20.1 Å². The van der Waals surface area contributed by atoms with Gasteiger partial charge in [0.05, 0.1) is 30.2 Å². The number of hydrogen-bond donors (Lipinski definition) is 2. The Morgan fingerprint density at radius 3 is 2.61 bits per heavy atom. The van der Waals surface area contributed by atoms with Crippen molar-refractivity contribution in [1.82, 2.24) is 19.0 Å². The third-order valence-electron chi connectivity index (χ3n) is 7.29. The van der Waals surface area contributed by atoms with Gasteiger partial charge >= 0.3 is 5.69 Å². The Morgan fingerprint density at radius 1 is 1.16 bits per heavy atom. The number of carbonyl (C=O) groups excluding carboxylic acids is 1. The number of aryl methyl sites for hydroxylation is 1. The molecule has 5 rings (SSSR count). The van der Waals surface area contributed by atoms with Crippen LogP contribution in [0.15, 0.2) is 33.9 Å². The predicted octanol–water partition coefficient (Wildman–Crippen LogP) is 1.26. The molecule has 1 aliphatic heterocycles. The topological polar surface area (TPSA) is 131 Å². The van der Waals surface area contributed by atoms with Crippen LogP contribution in [0.3, 0.4) is 0 Å². The summed E-state index contributed by atoms with van der Waals surface area (Å²) < 4.78 is 4.26. The molecule has 3 heterocycles. The lowest BCUT2D eigenvalue weighted by molar-refractivity contribution is 0.0952. The van der Waals surface area contributed by atoms with Gasteiger partial charge in [0, 0.05) is 32.2 Å². The largest absolute Gasteiger partial charge is 0.356 e. The van der Waals surface area contributed by atoms with E-state index < -0.39 is 11.2 Å². The number of aromatic nitrogens is 3. The summed E-state index contributed by atoms with van der Waals surface area (Å²) in [4.78, 5) is 43.4. The van der Waals surface area contributed by atoms with Crippen molar-refractivity contribution >= 4 is 22.8 Å². The number of nitrogens with one attached hydrogen (secondary N) is 1. The minimum absolute atomic E-state index is 0.0661. The van der Waals surface area contributed by atoms with Crippen LogP contribution in [0.4, 0.5) is 5.82 Å². The van der Waals surface area contributed by atoms with Gasteiger partial charge in [0.15, 0.2) is 0 Å². The summed E-state index contributed by atoms with van der Waals surface area (Å²) in [5.41, 5.74) is 7.02. The van der Waals surface area contributed by atoms with Crippen LogP contribution >= 0.6 is 0 Å². The number of benzene rings is 1. The summed E-state index contributed by atoms with van der Waals surface area (Å²) in [5, 5.41) is 12.6. The number of nitriles is 1. The highest BCUT2D eigenvalue weighted by molar-refractivity contribution is 6.11. The van der Waals surface area contributed by atoms with Crippen molar-refractivity contribution in [3.8, 4) is 17.9 Å². The number of nitrogens with zero attached hydrogens (tertiary/aromatic N) is 5. The predicted molar refractivity (Wildman–Crippen MR) is 145 cm³/mol. The van der Waals surface area contributed by atoms with Crippen LogP contribution in [0.1, 0.15) is 54.1 Å². The van der Waals surface area contributed by atoms with Crippen molar-refractivity contribution in [2.24, 2.45) is 12.8 Å². The lowest BCUT2D eigenvalue weighted by Crippen LogP contribution is -2.44. The molecule has 0 unspecified atom stereocenters. The number of nitrogens with two attached hydrogens (primary N) is 1. The van der Waals surface area contributed by atoms with Crippen molar-refractivity contribution in [1.29, 1.82) is 5.26 Å². The SMILES string of the molecule is CC#CCn1c(N2CCC[C@@H](N)C2)c(C(=O)NC2CC2)c2c1c(=O)n(Cc1ccccc1C#N)c(=O)n2C. The minimum atomic E-state index is -0.559. The Bertz CT molecular complexity index is 1640. The fourth-order valence-electron chi connectivity index (χ4n) is 5.24. The van der Waals surface area contributed by atoms with Gasteiger partial charge in [-0.05, 0) is 44.2 Å². The standard InChI is InChI=1S/C28H31N7O3/c1-3-4-14-34-24-23(22(25(36)31-21-11-12-21)26(34)33-13-7-10-20(30)17-33)32(2)28(38)35(27(24)37)16-19-9-6-5-8-18(19)15-29/h5-6,8-9,20-21H,7,10-14,16-17,30H2,1-2H3,(H,31,36)/t20-/m1/s1. The molecule has 2 aromatic heterocycles. The highest BCUT2D eigenvalue weighted by Gasteiger charge is 2.34. The number of hydrogen-bond acceptors (Lipinski definition) is 6. The maximum absolute atomic E-state index is 14.1. The van der Waals surface area contributed by atoms with E-state index in [0.29, 0.717) is 35.6 Å². The quantitative estimate of drug-likeness (QED) is 0.477. The second-order valence-electron chi connectivity index (χ2n) is 10.0. The summed E-state index contributed by atoms with van der Waals surface area (Å²) in [6, 6.07) is 9.03. The Kier molecular flexibility index (Phi) is 6.83. The lowest BCUT2D eigenvalue weighted by atomic mass is 10.1. The first kappa shape index (κ1) is 25.4. The number of anilines is 1. The number of piperidine rings is 1. The van der Waals surface area contributed by atoms with Gasteiger partial charge in [-0.2, -0.15) is 5.26 Å². The zero-order valence-electron chi connectivity index (χ0n) is 21.7. The molecule has 1 aromatic carbocycles. The first-order chi connectivity index (χ1) is 18.3. The first-order valence-electron chi connectivity index (χ1n) is 12.9. The second-order valence-corrected chi connectivity index (χ2v) is 10.0. The van der Waals surface area contributed by atoms with E-state index in [1.165, 1.54) is 4.57 Å². The average Bonchev–Trinajstić information content (AvgIpc) is 3.66. The van der Waals surface area contributed by atoms with E-state index in [1.807, 2.05) is 4.90 Å². The normalized spacial score (nSPS) is 17.1. The summed E-state index contributed by atoms with van der Waals surface area (Å²) in [6.07, 6.45) is 3.53. The highest BCUT2D eigenvalue weighted by atomic mass is 16.2. The third kappa shape index (κ3) is 4.48. The Balaban J connectivity index is 1.82. The number of amides is 1. The lowest BCUT2D eigenvalue weighted by Gasteiger charge is -2.33. The van der Waals surface area contributed by atoms with Gasteiger partial charge in [0.25, 0.3) is 11.5 Å². The van der Waals surface area contributed by atoms with Gasteiger partial charge < -0.3 is 20.5 Å². The van der Waals surface area contributed by atoms with Crippen molar-refractivity contribution in [3.63, 3.8) is 0 Å². The smallest absolute Gasteiger partial charge is 0.331 e. The van der Waals surface area contributed by atoms with E-state index in [9.17, 15) is 19.6 Å². The van der Waals surface area contributed by atoms with Crippen molar-refractivity contribution in [2.45, 2.75) is 57.8 Å². The van der Waals surface area contributed by atoms with Crippen LogP contribution < -0.4 is 27.2 Å². The van der Waals surface area contributed by atoms with Crippen molar-refractivity contribution < 1.29 is 4.79 Å².